The molecule has 0 aliphatic heterocycles. The van der Waals surface area contributed by atoms with Crippen molar-refractivity contribution < 1.29 is 9.50 Å². The highest BCUT2D eigenvalue weighted by Crippen LogP contribution is 2.52. The minimum Gasteiger partial charge on any atom is -0.385 e. The maximum absolute atomic E-state index is 13.0. The second-order valence-corrected chi connectivity index (χ2v) is 5.91. The quantitative estimate of drug-likeness (QED) is 0.867. The maximum atomic E-state index is 13.0. The molecule has 3 heteroatoms. The zero-order valence-electron chi connectivity index (χ0n) is 11.1. The Kier molecular flexibility index (Phi) is 3.47. The van der Waals surface area contributed by atoms with Gasteiger partial charge in [0.1, 0.15) is 5.82 Å². The van der Waals surface area contributed by atoms with Gasteiger partial charge in [0, 0.05) is 12.0 Å². The Hall–Kier alpha value is -0.930. The standard InChI is InChI=1S/C15H22FNO/c1-11-7-8-15(9-11,10-17)14(2,18)12-3-5-13(16)6-4-12/h3-6,11,18H,7-10,17H2,1-2H3. The van der Waals surface area contributed by atoms with E-state index in [4.69, 9.17) is 5.73 Å². The second kappa shape index (κ2) is 4.63. The number of hydrogen-bond donors (Lipinski definition) is 2. The molecule has 0 heterocycles. The lowest BCUT2D eigenvalue weighted by Crippen LogP contribution is -2.47. The molecule has 1 aromatic rings. The lowest BCUT2D eigenvalue weighted by molar-refractivity contribution is -0.0711. The van der Waals surface area contributed by atoms with Gasteiger partial charge in [-0.1, -0.05) is 19.1 Å². The summed E-state index contributed by atoms with van der Waals surface area (Å²) in [7, 11) is 0. The summed E-state index contributed by atoms with van der Waals surface area (Å²) in [4.78, 5) is 0. The van der Waals surface area contributed by atoms with E-state index in [1.807, 2.05) is 6.92 Å². The van der Waals surface area contributed by atoms with Crippen molar-refractivity contribution in [2.75, 3.05) is 6.54 Å². The highest BCUT2D eigenvalue weighted by molar-refractivity contribution is 5.26. The van der Waals surface area contributed by atoms with Gasteiger partial charge in [0.25, 0.3) is 0 Å². The lowest BCUT2D eigenvalue weighted by atomic mass is 9.67. The molecule has 1 aliphatic rings. The van der Waals surface area contributed by atoms with Crippen LogP contribution in [0, 0.1) is 17.2 Å². The van der Waals surface area contributed by atoms with Crippen LogP contribution in [0.25, 0.3) is 0 Å². The highest BCUT2D eigenvalue weighted by atomic mass is 19.1. The normalized spacial score (nSPS) is 31.3. The van der Waals surface area contributed by atoms with Gasteiger partial charge in [-0.25, -0.2) is 4.39 Å². The molecule has 2 nitrogen and oxygen atoms in total. The van der Waals surface area contributed by atoms with Gasteiger partial charge < -0.3 is 10.8 Å². The van der Waals surface area contributed by atoms with Gasteiger partial charge in [-0.3, -0.25) is 0 Å². The second-order valence-electron chi connectivity index (χ2n) is 5.91. The minimum atomic E-state index is -1.000. The summed E-state index contributed by atoms with van der Waals surface area (Å²) in [5.41, 5.74) is 5.42. The number of rotatable bonds is 3. The Bertz CT molecular complexity index is 415. The van der Waals surface area contributed by atoms with E-state index in [0.717, 1.165) is 24.8 Å². The van der Waals surface area contributed by atoms with Crippen LogP contribution >= 0.6 is 0 Å². The molecule has 3 atom stereocenters. The first-order valence-electron chi connectivity index (χ1n) is 6.60. The lowest BCUT2D eigenvalue weighted by Gasteiger charge is -2.43. The summed E-state index contributed by atoms with van der Waals surface area (Å²) in [5.74, 6) is 0.302. The first-order chi connectivity index (χ1) is 8.41. The molecule has 1 aromatic carbocycles. The van der Waals surface area contributed by atoms with E-state index in [-0.39, 0.29) is 11.2 Å². The summed E-state index contributed by atoms with van der Waals surface area (Å²) in [6.45, 7) is 4.46. The van der Waals surface area contributed by atoms with Crippen LogP contribution in [0.2, 0.25) is 0 Å². The van der Waals surface area contributed by atoms with Crippen molar-refractivity contribution in [3.8, 4) is 0 Å². The molecule has 0 radical (unpaired) electrons. The number of aliphatic hydroxyl groups is 1. The monoisotopic (exact) mass is 251 g/mol. The zero-order chi connectivity index (χ0) is 13.4. The third-order valence-electron chi connectivity index (χ3n) is 4.68. The topological polar surface area (TPSA) is 46.2 Å². The molecule has 0 amide bonds. The Balaban J connectivity index is 2.37. The minimum absolute atomic E-state index is 0.281. The van der Waals surface area contributed by atoms with Gasteiger partial charge in [0.05, 0.1) is 5.60 Å². The van der Waals surface area contributed by atoms with Crippen molar-refractivity contribution in [3.63, 3.8) is 0 Å². The molecule has 3 N–H and O–H groups in total. The third-order valence-corrected chi connectivity index (χ3v) is 4.68. The molecular weight excluding hydrogens is 229 g/mol. The van der Waals surface area contributed by atoms with Crippen LogP contribution in [0.15, 0.2) is 24.3 Å². The molecular formula is C15H22FNO. The summed E-state index contributed by atoms with van der Waals surface area (Å²) in [5, 5.41) is 10.9. The van der Waals surface area contributed by atoms with Crippen molar-refractivity contribution >= 4 is 0 Å². The summed E-state index contributed by atoms with van der Waals surface area (Å²) in [6.07, 6.45) is 2.94. The first-order valence-corrected chi connectivity index (χ1v) is 6.60. The molecule has 1 fully saturated rings. The maximum Gasteiger partial charge on any atom is 0.123 e. The van der Waals surface area contributed by atoms with E-state index >= 15 is 0 Å². The Morgan fingerprint density at radius 2 is 2.06 bits per heavy atom. The van der Waals surface area contributed by atoms with E-state index in [0.29, 0.717) is 12.5 Å². The fraction of sp³-hybridized carbons (Fsp3) is 0.600. The molecule has 100 valence electrons. The van der Waals surface area contributed by atoms with Crippen molar-refractivity contribution in [1.29, 1.82) is 0 Å². The van der Waals surface area contributed by atoms with Gasteiger partial charge in [0.2, 0.25) is 0 Å². The smallest absolute Gasteiger partial charge is 0.123 e. The Morgan fingerprint density at radius 3 is 2.50 bits per heavy atom. The average Bonchev–Trinajstić information content (AvgIpc) is 2.73. The SMILES string of the molecule is CC1CCC(CN)(C(C)(O)c2ccc(F)cc2)C1. The van der Waals surface area contributed by atoms with Gasteiger partial charge in [-0.15, -0.1) is 0 Å². The van der Waals surface area contributed by atoms with Crippen LogP contribution < -0.4 is 5.73 Å². The molecule has 0 spiro atoms. The van der Waals surface area contributed by atoms with Gasteiger partial charge >= 0.3 is 0 Å². The highest BCUT2D eigenvalue weighted by Gasteiger charge is 2.50. The van der Waals surface area contributed by atoms with E-state index in [1.165, 1.54) is 12.1 Å². The van der Waals surface area contributed by atoms with Crippen LogP contribution in [0.1, 0.15) is 38.7 Å². The van der Waals surface area contributed by atoms with Crippen LogP contribution in [0.4, 0.5) is 4.39 Å². The molecule has 2 rings (SSSR count). The van der Waals surface area contributed by atoms with Crippen molar-refractivity contribution in [1.82, 2.24) is 0 Å². The van der Waals surface area contributed by atoms with Gasteiger partial charge in [0.15, 0.2) is 0 Å². The molecule has 0 bridgehead atoms. The van der Waals surface area contributed by atoms with Gasteiger partial charge in [-0.05, 0) is 49.8 Å². The molecule has 18 heavy (non-hydrogen) atoms. The van der Waals surface area contributed by atoms with Gasteiger partial charge in [-0.2, -0.15) is 0 Å². The number of hydrogen-bond acceptors (Lipinski definition) is 2. The van der Waals surface area contributed by atoms with Crippen molar-refractivity contribution in [2.24, 2.45) is 17.1 Å². The fourth-order valence-electron chi connectivity index (χ4n) is 3.30. The van der Waals surface area contributed by atoms with E-state index < -0.39 is 5.60 Å². The first kappa shape index (κ1) is 13.5. The molecule has 3 unspecified atom stereocenters. The summed E-state index contributed by atoms with van der Waals surface area (Å²) >= 11 is 0. The van der Waals surface area contributed by atoms with Crippen LogP contribution in [-0.4, -0.2) is 11.7 Å². The third kappa shape index (κ3) is 2.06. The Labute approximate surface area is 108 Å². The van der Waals surface area contributed by atoms with Crippen LogP contribution in [0.5, 0.6) is 0 Å². The molecule has 0 saturated heterocycles. The number of benzene rings is 1. The molecule has 0 aromatic heterocycles. The zero-order valence-corrected chi connectivity index (χ0v) is 11.1. The van der Waals surface area contributed by atoms with E-state index in [1.54, 1.807) is 12.1 Å². The largest absolute Gasteiger partial charge is 0.385 e. The van der Waals surface area contributed by atoms with Crippen LogP contribution in [0.3, 0.4) is 0 Å². The van der Waals surface area contributed by atoms with Crippen molar-refractivity contribution in [2.45, 2.75) is 38.7 Å². The average molecular weight is 251 g/mol. The predicted molar refractivity (Wildman–Crippen MR) is 70.5 cm³/mol. The van der Waals surface area contributed by atoms with E-state index in [9.17, 15) is 9.50 Å². The van der Waals surface area contributed by atoms with E-state index in [2.05, 4.69) is 6.92 Å². The van der Waals surface area contributed by atoms with Crippen molar-refractivity contribution in [3.05, 3.63) is 35.6 Å². The summed E-state index contributed by atoms with van der Waals surface area (Å²) in [6, 6.07) is 6.12. The summed E-state index contributed by atoms with van der Waals surface area (Å²) < 4.78 is 13.0. The van der Waals surface area contributed by atoms with Crippen LogP contribution in [-0.2, 0) is 5.60 Å². The predicted octanol–water partition coefficient (Wildman–Crippen LogP) is 2.80. The number of halogens is 1. The Morgan fingerprint density at radius 1 is 1.44 bits per heavy atom. The fourth-order valence-corrected chi connectivity index (χ4v) is 3.30. The molecule has 1 aliphatic carbocycles. The number of nitrogens with two attached hydrogens (primary N) is 1. The molecule has 1 saturated carbocycles.